The second-order valence-corrected chi connectivity index (χ2v) is 2.98. The average Bonchev–Trinajstić information content (AvgIpc) is 2.46. The highest BCUT2D eigenvalue weighted by Crippen LogP contribution is 2.16. The van der Waals surface area contributed by atoms with Gasteiger partial charge in [-0.3, -0.25) is 4.98 Å². The lowest BCUT2D eigenvalue weighted by atomic mass is 10.2. The van der Waals surface area contributed by atoms with Crippen molar-refractivity contribution >= 4 is 23.3 Å². The minimum atomic E-state index is 0. The third-order valence-electron chi connectivity index (χ3n) is 1.93. The molecule has 0 bridgehead atoms. The number of pyridine rings is 1. The molecule has 0 aliphatic rings. The molecule has 0 fully saturated rings. The van der Waals surface area contributed by atoms with E-state index >= 15 is 0 Å². The Bertz CT molecular complexity index is 361. The summed E-state index contributed by atoms with van der Waals surface area (Å²) in [5.41, 5.74) is 7.87. The van der Waals surface area contributed by atoms with Gasteiger partial charge in [0.1, 0.15) is 0 Å². The van der Waals surface area contributed by atoms with Gasteiger partial charge in [-0.2, -0.15) is 0 Å². The Hall–Kier alpha value is -1.06. The summed E-state index contributed by atoms with van der Waals surface area (Å²) in [6, 6.07) is 4.03. The van der Waals surface area contributed by atoms with Crippen molar-refractivity contribution in [3.05, 3.63) is 30.2 Å². The Kier molecular flexibility index (Phi) is 2.90. The molecule has 1 atom stereocenters. The first-order valence-electron chi connectivity index (χ1n) is 3.95. The van der Waals surface area contributed by atoms with Crippen molar-refractivity contribution in [2.45, 2.75) is 13.0 Å². The van der Waals surface area contributed by atoms with Gasteiger partial charge >= 0.3 is 0 Å². The highest BCUT2D eigenvalue weighted by Gasteiger charge is 2.02. The van der Waals surface area contributed by atoms with E-state index in [0.717, 1.165) is 16.6 Å². The Morgan fingerprint density at radius 3 is 2.92 bits per heavy atom. The van der Waals surface area contributed by atoms with Gasteiger partial charge in [0, 0.05) is 35.0 Å². The molecule has 0 aliphatic carbocycles. The van der Waals surface area contributed by atoms with Crippen LogP contribution in [0.25, 0.3) is 10.9 Å². The third-order valence-corrected chi connectivity index (χ3v) is 1.93. The Balaban J connectivity index is 0.000000845. The second kappa shape index (κ2) is 3.77. The summed E-state index contributed by atoms with van der Waals surface area (Å²) in [6.07, 6.45) is 3.60. The Morgan fingerprint density at radius 2 is 2.31 bits per heavy atom. The molecular formula is C9H12ClN3. The zero-order chi connectivity index (χ0) is 8.55. The van der Waals surface area contributed by atoms with Crippen molar-refractivity contribution in [3.63, 3.8) is 0 Å². The molecule has 0 aliphatic heterocycles. The van der Waals surface area contributed by atoms with Crippen molar-refractivity contribution in [2.75, 3.05) is 0 Å². The van der Waals surface area contributed by atoms with E-state index < -0.39 is 0 Å². The number of hydrogen-bond donors (Lipinski definition) is 2. The maximum Gasteiger partial charge on any atom is 0.0487 e. The number of nitrogens with two attached hydrogens (primary N) is 1. The molecule has 2 rings (SSSR count). The molecule has 0 aromatic carbocycles. The fraction of sp³-hybridized carbons (Fsp3) is 0.222. The molecule has 0 spiro atoms. The highest BCUT2D eigenvalue weighted by atomic mass is 35.5. The monoisotopic (exact) mass is 197 g/mol. The van der Waals surface area contributed by atoms with Crippen molar-refractivity contribution in [2.24, 2.45) is 5.73 Å². The molecule has 2 aromatic heterocycles. The van der Waals surface area contributed by atoms with Crippen LogP contribution in [0.2, 0.25) is 0 Å². The summed E-state index contributed by atoms with van der Waals surface area (Å²) < 4.78 is 0. The molecule has 2 heterocycles. The van der Waals surface area contributed by atoms with Crippen LogP contribution in [0.15, 0.2) is 24.5 Å². The number of fused-ring (bicyclic) bond motifs is 1. The van der Waals surface area contributed by atoms with Gasteiger partial charge in [0.25, 0.3) is 0 Å². The van der Waals surface area contributed by atoms with Crippen LogP contribution in [-0.4, -0.2) is 9.97 Å². The third kappa shape index (κ3) is 1.82. The van der Waals surface area contributed by atoms with E-state index in [-0.39, 0.29) is 18.4 Å². The zero-order valence-corrected chi connectivity index (χ0v) is 8.14. The van der Waals surface area contributed by atoms with E-state index in [2.05, 4.69) is 9.97 Å². The summed E-state index contributed by atoms with van der Waals surface area (Å²) >= 11 is 0. The zero-order valence-electron chi connectivity index (χ0n) is 7.32. The molecular weight excluding hydrogens is 186 g/mol. The van der Waals surface area contributed by atoms with Crippen molar-refractivity contribution in [1.82, 2.24) is 9.97 Å². The van der Waals surface area contributed by atoms with Crippen LogP contribution in [0.1, 0.15) is 18.7 Å². The minimum absolute atomic E-state index is 0. The van der Waals surface area contributed by atoms with E-state index in [1.54, 1.807) is 6.20 Å². The van der Waals surface area contributed by atoms with Crippen LogP contribution in [0.4, 0.5) is 0 Å². The first kappa shape index (κ1) is 10.0. The highest BCUT2D eigenvalue weighted by molar-refractivity contribution is 5.85. The summed E-state index contributed by atoms with van der Waals surface area (Å²) in [4.78, 5) is 7.25. The quantitative estimate of drug-likeness (QED) is 0.735. The number of rotatable bonds is 1. The minimum Gasteiger partial charge on any atom is -0.357 e. The molecule has 4 heteroatoms. The molecule has 0 saturated carbocycles. The maximum absolute atomic E-state index is 5.73. The molecule has 3 nitrogen and oxygen atoms in total. The van der Waals surface area contributed by atoms with Gasteiger partial charge in [0.2, 0.25) is 0 Å². The summed E-state index contributed by atoms with van der Waals surface area (Å²) in [5, 5.41) is 1.12. The van der Waals surface area contributed by atoms with Gasteiger partial charge in [0.15, 0.2) is 0 Å². The predicted molar refractivity (Wildman–Crippen MR) is 55.9 cm³/mol. The fourth-order valence-electron chi connectivity index (χ4n) is 1.24. The van der Waals surface area contributed by atoms with Crippen LogP contribution >= 0.6 is 12.4 Å². The van der Waals surface area contributed by atoms with E-state index in [4.69, 9.17) is 5.73 Å². The predicted octanol–water partition coefficient (Wildman–Crippen LogP) is 2.00. The average molecular weight is 198 g/mol. The topological polar surface area (TPSA) is 54.7 Å². The summed E-state index contributed by atoms with van der Waals surface area (Å²) in [6.45, 7) is 1.96. The van der Waals surface area contributed by atoms with Crippen LogP contribution in [0.3, 0.4) is 0 Å². The van der Waals surface area contributed by atoms with Gasteiger partial charge in [-0.1, -0.05) is 0 Å². The molecule has 3 N–H and O–H groups in total. The molecule has 0 saturated heterocycles. The molecule has 2 aromatic rings. The number of nitrogens with zero attached hydrogens (tertiary/aromatic N) is 1. The molecule has 0 unspecified atom stereocenters. The van der Waals surface area contributed by atoms with Crippen molar-refractivity contribution < 1.29 is 0 Å². The van der Waals surface area contributed by atoms with E-state index in [0.29, 0.717) is 0 Å². The van der Waals surface area contributed by atoms with E-state index in [9.17, 15) is 0 Å². The standard InChI is InChI=1S/C9H11N3.ClH/c1-6(10)9-4-7-5-11-3-2-8(7)12-9;/h2-6,12H,10H2,1H3;1H/t6-;/m1./s1. The van der Waals surface area contributed by atoms with Crippen LogP contribution in [0.5, 0.6) is 0 Å². The number of nitrogens with one attached hydrogen (secondary N) is 1. The first-order chi connectivity index (χ1) is 5.77. The van der Waals surface area contributed by atoms with Gasteiger partial charge in [0.05, 0.1) is 0 Å². The van der Waals surface area contributed by atoms with Gasteiger partial charge in [-0.05, 0) is 19.1 Å². The normalized spacial score (nSPS) is 12.5. The van der Waals surface area contributed by atoms with Crippen LogP contribution in [-0.2, 0) is 0 Å². The molecule has 70 valence electrons. The first-order valence-corrected chi connectivity index (χ1v) is 3.95. The van der Waals surface area contributed by atoms with Crippen molar-refractivity contribution in [3.8, 4) is 0 Å². The molecule has 13 heavy (non-hydrogen) atoms. The number of halogens is 1. The van der Waals surface area contributed by atoms with Gasteiger partial charge in [-0.25, -0.2) is 0 Å². The van der Waals surface area contributed by atoms with Gasteiger partial charge in [-0.15, -0.1) is 12.4 Å². The molecule has 0 radical (unpaired) electrons. The lowest BCUT2D eigenvalue weighted by Crippen LogP contribution is -2.04. The second-order valence-electron chi connectivity index (χ2n) is 2.98. The maximum atomic E-state index is 5.73. The van der Waals surface area contributed by atoms with Crippen LogP contribution < -0.4 is 5.73 Å². The molecule has 0 amide bonds. The van der Waals surface area contributed by atoms with E-state index in [1.165, 1.54) is 0 Å². The lowest BCUT2D eigenvalue weighted by Gasteiger charge is -1.98. The lowest BCUT2D eigenvalue weighted by molar-refractivity contribution is 0.792. The summed E-state index contributed by atoms with van der Waals surface area (Å²) in [5.74, 6) is 0. The van der Waals surface area contributed by atoms with Gasteiger partial charge < -0.3 is 10.7 Å². The largest absolute Gasteiger partial charge is 0.357 e. The number of aromatic nitrogens is 2. The van der Waals surface area contributed by atoms with Crippen molar-refractivity contribution in [1.29, 1.82) is 0 Å². The van der Waals surface area contributed by atoms with E-state index in [1.807, 2.05) is 25.3 Å². The Morgan fingerprint density at radius 1 is 1.54 bits per heavy atom. The summed E-state index contributed by atoms with van der Waals surface area (Å²) in [7, 11) is 0. The SMILES string of the molecule is C[C@@H](N)c1cc2cnccc2[nH]1.Cl. The Labute approximate surface area is 82.8 Å². The number of H-pyrrole nitrogens is 1. The number of hydrogen-bond acceptors (Lipinski definition) is 2. The van der Waals surface area contributed by atoms with Crippen LogP contribution in [0, 0.1) is 0 Å². The smallest absolute Gasteiger partial charge is 0.0487 e. The number of aromatic amines is 1. The fourth-order valence-corrected chi connectivity index (χ4v) is 1.24.